The molecule has 2 aliphatic heterocycles. The number of likely N-dealkylation sites (tertiary alicyclic amines) is 1. The van der Waals surface area contributed by atoms with Gasteiger partial charge in [0.15, 0.2) is 0 Å². The first kappa shape index (κ1) is 21.1. The molecule has 1 aromatic rings. The summed E-state index contributed by atoms with van der Waals surface area (Å²) in [5.74, 6) is 1.40. The van der Waals surface area contributed by atoms with Crippen LogP contribution in [0.15, 0.2) is 24.3 Å². The number of benzene rings is 1. The Bertz CT molecular complexity index is 643. The molecule has 2 fully saturated rings. The van der Waals surface area contributed by atoms with Gasteiger partial charge in [-0.2, -0.15) is 0 Å². The van der Waals surface area contributed by atoms with Crippen molar-refractivity contribution in [2.75, 3.05) is 67.5 Å². The highest BCUT2D eigenvalue weighted by Crippen LogP contribution is 2.22. The number of rotatable bonds is 5. The Morgan fingerprint density at radius 1 is 1.14 bits per heavy atom. The molecular formula is C22H36N4O2. The summed E-state index contributed by atoms with van der Waals surface area (Å²) < 4.78 is 5.32. The number of piperazine rings is 1. The van der Waals surface area contributed by atoms with Crippen molar-refractivity contribution < 1.29 is 9.53 Å². The SMILES string of the molecule is COc1cccc(CN2CCN(C(=O)[C@@H]3CC[C@H](N(C)C)CN(C)C3)CC2)c1. The van der Waals surface area contributed by atoms with Gasteiger partial charge in [0.1, 0.15) is 5.75 Å². The Labute approximate surface area is 170 Å². The van der Waals surface area contributed by atoms with Gasteiger partial charge in [-0.25, -0.2) is 0 Å². The van der Waals surface area contributed by atoms with Crippen LogP contribution in [0.2, 0.25) is 0 Å². The molecule has 3 rings (SSSR count). The lowest BCUT2D eigenvalue weighted by Crippen LogP contribution is -2.51. The van der Waals surface area contributed by atoms with Crippen LogP contribution in [0.5, 0.6) is 5.75 Å². The second-order valence-corrected chi connectivity index (χ2v) is 8.57. The zero-order valence-corrected chi connectivity index (χ0v) is 17.9. The van der Waals surface area contributed by atoms with Crippen LogP contribution in [0.25, 0.3) is 0 Å². The van der Waals surface area contributed by atoms with Crippen LogP contribution in [0.1, 0.15) is 18.4 Å². The molecule has 0 saturated carbocycles. The topological polar surface area (TPSA) is 39.3 Å². The van der Waals surface area contributed by atoms with Gasteiger partial charge in [0.05, 0.1) is 13.0 Å². The number of nitrogens with zero attached hydrogens (tertiary/aromatic N) is 4. The van der Waals surface area contributed by atoms with Crippen LogP contribution < -0.4 is 4.74 Å². The molecule has 1 aromatic carbocycles. The van der Waals surface area contributed by atoms with E-state index in [0.29, 0.717) is 11.9 Å². The van der Waals surface area contributed by atoms with Crippen molar-refractivity contribution in [1.82, 2.24) is 19.6 Å². The van der Waals surface area contributed by atoms with Crippen molar-refractivity contribution >= 4 is 5.91 Å². The molecule has 156 valence electrons. The van der Waals surface area contributed by atoms with E-state index in [4.69, 9.17) is 4.74 Å². The second-order valence-electron chi connectivity index (χ2n) is 8.57. The highest BCUT2D eigenvalue weighted by molar-refractivity contribution is 5.79. The van der Waals surface area contributed by atoms with Gasteiger partial charge in [0.25, 0.3) is 0 Å². The van der Waals surface area contributed by atoms with Gasteiger partial charge < -0.3 is 19.4 Å². The third-order valence-corrected chi connectivity index (χ3v) is 6.21. The number of amides is 1. The molecule has 6 nitrogen and oxygen atoms in total. The van der Waals surface area contributed by atoms with Crippen molar-refractivity contribution in [3.63, 3.8) is 0 Å². The quantitative estimate of drug-likeness (QED) is 0.766. The van der Waals surface area contributed by atoms with Crippen LogP contribution in [0.3, 0.4) is 0 Å². The first-order valence-corrected chi connectivity index (χ1v) is 10.5. The van der Waals surface area contributed by atoms with Crippen LogP contribution in [-0.2, 0) is 11.3 Å². The van der Waals surface area contributed by atoms with E-state index >= 15 is 0 Å². The minimum atomic E-state index is 0.139. The normalized spacial score (nSPS) is 25.0. The van der Waals surface area contributed by atoms with Gasteiger partial charge in [0.2, 0.25) is 5.91 Å². The van der Waals surface area contributed by atoms with E-state index in [1.54, 1.807) is 7.11 Å². The number of likely N-dealkylation sites (N-methyl/N-ethyl adjacent to an activating group) is 2. The highest BCUT2D eigenvalue weighted by atomic mass is 16.5. The molecule has 0 aromatic heterocycles. The number of carbonyl (C=O) groups is 1. The van der Waals surface area contributed by atoms with E-state index in [1.165, 1.54) is 5.56 Å². The molecule has 0 bridgehead atoms. The summed E-state index contributed by atoms with van der Waals surface area (Å²) in [6.45, 7) is 6.38. The molecule has 0 unspecified atom stereocenters. The molecule has 0 aliphatic carbocycles. The van der Waals surface area contributed by atoms with E-state index in [1.807, 2.05) is 12.1 Å². The van der Waals surface area contributed by atoms with Gasteiger partial charge >= 0.3 is 0 Å². The van der Waals surface area contributed by atoms with Gasteiger partial charge in [-0.3, -0.25) is 9.69 Å². The summed E-state index contributed by atoms with van der Waals surface area (Å²) >= 11 is 0. The molecule has 0 radical (unpaired) electrons. The minimum absolute atomic E-state index is 0.139. The first-order chi connectivity index (χ1) is 13.5. The largest absolute Gasteiger partial charge is 0.497 e. The zero-order chi connectivity index (χ0) is 20.1. The Kier molecular flexibility index (Phi) is 7.32. The lowest BCUT2D eigenvalue weighted by Gasteiger charge is -2.36. The molecule has 2 saturated heterocycles. The monoisotopic (exact) mass is 388 g/mol. The van der Waals surface area contributed by atoms with Crippen molar-refractivity contribution in [1.29, 1.82) is 0 Å². The second kappa shape index (κ2) is 9.72. The number of methoxy groups -OCH3 is 1. The maximum atomic E-state index is 13.1. The van der Waals surface area contributed by atoms with E-state index in [9.17, 15) is 4.79 Å². The molecule has 6 heteroatoms. The van der Waals surface area contributed by atoms with Gasteiger partial charge in [-0.1, -0.05) is 12.1 Å². The summed E-state index contributed by atoms with van der Waals surface area (Å²) in [6.07, 6.45) is 2.10. The molecular weight excluding hydrogens is 352 g/mol. The fourth-order valence-electron chi connectivity index (χ4n) is 4.42. The molecule has 28 heavy (non-hydrogen) atoms. The average molecular weight is 389 g/mol. The Hall–Kier alpha value is -1.63. The molecule has 0 N–H and O–H groups in total. The molecule has 2 heterocycles. The maximum Gasteiger partial charge on any atom is 0.227 e. The lowest BCUT2D eigenvalue weighted by molar-refractivity contribution is -0.138. The standard InChI is InChI=1S/C22H36N4O2/c1-23(2)20-9-8-19(16-24(3)17-20)22(27)26-12-10-25(11-13-26)15-18-6-5-7-21(14-18)28-4/h5-7,14,19-20H,8-13,15-17H2,1-4H3/t19-,20+/m1/s1. The van der Waals surface area contributed by atoms with Gasteiger partial charge in [-0.15, -0.1) is 0 Å². The van der Waals surface area contributed by atoms with E-state index < -0.39 is 0 Å². The predicted octanol–water partition coefficient (Wildman–Crippen LogP) is 1.61. The van der Waals surface area contributed by atoms with E-state index in [0.717, 1.165) is 64.4 Å². The summed E-state index contributed by atoms with van der Waals surface area (Å²) in [7, 11) is 8.13. The summed E-state index contributed by atoms with van der Waals surface area (Å²) in [6, 6.07) is 8.80. The van der Waals surface area contributed by atoms with Crippen molar-refractivity contribution in [2.45, 2.75) is 25.4 Å². The van der Waals surface area contributed by atoms with Crippen molar-refractivity contribution in [3.8, 4) is 5.75 Å². The van der Waals surface area contributed by atoms with Gasteiger partial charge in [-0.05, 0) is 51.7 Å². The average Bonchev–Trinajstić information content (AvgIpc) is 2.90. The number of ether oxygens (including phenoxy) is 1. The summed E-state index contributed by atoms with van der Waals surface area (Å²) in [5.41, 5.74) is 1.26. The third-order valence-electron chi connectivity index (χ3n) is 6.21. The Balaban J connectivity index is 1.50. The number of carbonyl (C=O) groups excluding carboxylic acids is 1. The predicted molar refractivity (Wildman–Crippen MR) is 113 cm³/mol. The molecule has 2 atom stereocenters. The van der Waals surface area contributed by atoms with Crippen molar-refractivity contribution in [3.05, 3.63) is 29.8 Å². The fraction of sp³-hybridized carbons (Fsp3) is 0.682. The maximum absolute atomic E-state index is 13.1. The summed E-state index contributed by atoms with van der Waals surface area (Å²) in [5, 5.41) is 0. The van der Waals surface area contributed by atoms with E-state index in [-0.39, 0.29) is 5.92 Å². The molecule has 0 spiro atoms. The van der Waals surface area contributed by atoms with Crippen LogP contribution >= 0.6 is 0 Å². The zero-order valence-electron chi connectivity index (χ0n) is 17.9. The first-order valence-electron chi connectivity index (χ1n) is 10.5. The number of hydrogen-bond donors (Lipinski definition) is 0. The van der Waals surface area contributed by atoms with Crippen LogP contribution in [0.4, 0.5) is 0 Å². The molecule has 1 amide bonds. The highest BCUT2D eigenvalue weighted by Gasteiger charge is 2.31. The molecule has 2 aliphatic rings. The number of hydrogen-bond acceptors (Lipinski definition) is 5. The van der Waals surface area contributed by atoms with Gasteiger partial charge in [0, 0.05) is 51.9 Å². The van der Waals surface area contributed by atoms with Crippen molar-refractivity contribution in [2.24, 2.45) is 5.92 Å². The van der Waals surface area contributed by atoms with Crippen LogP contribution in [0, 0.1) is 5.92 Å². The summed E-state index contributed by atoms with van der Waals surface area (Å²) in [4.78, 5) is 22.3. The third kappa shape index (κ3) is 5.46. The Morgan fingerprint density at radius 3 is 2.57 bits per heavy atom. The minimum Gasteiger partial charge on any atom is -0.497 e. The smallest absolute Gasteiger partial charge is 0.227 e. The van der Waals surface area contributed by atoms with E-state index in [2.05, 4.69) is 52.9 Å². The Morgan fingerprint density at radius 2 is 1.89 bits per heavy atom. The fourth-order valence-corrected chi connectivity index (χ4v) is 4.42. The van der Waals surface area contributed by atoms with Crippen LogP contribution in [-0.4, -0.2) is 99.1 Å². The lowest BCUT2D eigenvalue weighted by atomic mass is 9.99.